The van der Waals surface area contributed by atoms with Crippen LogP contribution in [0.4, 0.5) is 4.79 Å². The molecule has 1 saturated heterocycles. The number of aromatic nitrogens is 2. The van der Waals surface area contributed by atoms with Crippen molar-refractivity contribution in [3.8, 4) is 11.8 Å². The molecule has 1 amide bonds. The number of amides is 1. The van der Waals surface area contributed by atoms with Crippen LogP contribution in [-0.4, -0.2) is 47.5 Å². The topological polar surface area (TPSA) is 67.4 Å². The van der Waals surface area contributed by atoms with Crippen LogP contribution < -0.4 is 0 Å². The lowest BCUT2D eigenvalue weighted by molar-refractivity contribution is 0.0203. The summed E-state index contributed by atoms with van der Waals surface area (Å²) < 4.78 is 12.4. The van der Waals surface area contributed by atoms with Crippen LogP contribution in [0.25, 0.3) is 0 Å². The standard InChI is InChI=1S/C26H36ClN3O3Si/c1-25(2,3)32-24(31)30-17-21(33-34(7,8)26(4,5)6)15-22(30)23-28-16-20(29-23)13-12-18-10-9-11-19(27)14-18/h9-11,14,16,21-22H,15,17H2,1-8H3,(H,28,29)/t21-,22+/m1/s1. The molecule has 1 aliphatic heterocycles. The van der Waals surface area contributed by atoms with E-state index in [1.54, 1.807) is 11.1 Å². The van der Waals surface area contributed by atoms with Crippen molar-refractivity contribution in [2.75, 3.05) is 6.54 Å². The van der Waals surface area contributed by atoms with Gasteiger partial charge in [0.2, 0.25) is 0 Å². The Morgan fingerprint density at radius 1 is 1.21 bits per heavy atom. The van der Waals surface area contributed by atoms with Gasteiger partial charge in [-0.3, -0.25) is 4.90 Å². The number of carbonyl (C=O) groups is 1. The van der Waals surface area contributed by atoms with Crippen molar-refractivity contribution in [2.45, 2.75) is 83.8 Å². The van der Waals surface area contributed by atoms with Crippen LogP contribution in [0, 0.1) is 11.8 Å². The summed E-state index contributed by atoms with van der Waals surface area (Å²) in [5.74, 6) is 6.88. The number of nitrogens with zero attached hydrogens (tertiary/aromatic N) is 2. The summed E-state index contributed by atoms with van der Waals surface area (Å²) >= 11 is 6.05. The summed E-state index contributed by atoms with van der Waals surface area (Å²) in [5.41, 5.74) is 0.909. The normalized spacial score (nSPS) is 19.0. The average molecular weight is 502 g/mol. The molecule has 1 aromatic heterocycles. The van der Waals surface area contributed by atoms with Crippen molar-refractivity contribution in [2.24, 2.45) is 0 Å². The van der Waals surface area contributed by atoms with Gasteiger partial charge >= 0.3 is 6.09 Å². The fraction of sp³-hybridized carbons (Fsp3) is 0.538. The second-order valence-corrected chi connectivity index (χ2v) is 16.5. The molecule has 34 heavy (non-hydrogen) atoms. The zero-order valence-corrected chi connectivity index (χ0v) is 23.2. The monoisotopic (exact) mass is 501 g/mol. The first-order valence-corrected chi connectivity index (χ1v) is 14.9. The van der Waals surface area contributed by atoms with Crippen LogP contribution in [0.5, 0.6) is 0 Å². The zero-order valence-electron chi connectivity index (χ0n) is 21.5. The van der Waals surface area contributed by atoms with E-state index in [0.29, 0.717) is 29.5 Å². The SMILES string of the molecule is CC(C)(C)OC(=O)N1C[C@H](O[Si](C)(C)C(C)(C)C)C[C@H]1c1ncc(C#Cc2cccc(Cl)c2)[nH]1. The molecular formula is C26H36ClN3O3Si. The fourth-order valence-corrected chi connectivity index (χ4v) is 5.08. The van der Waals surface area contributed by atoms with Crippen molar-refractivity contribution in [3.05, 3.63) is 52.6 Å². The third-order valence-electron chi connectivity index (χ3n) is 6.24. The van der Waals surface area contributed by atoms with E-state index in [4.69, 9.17) is 20.8 Å². The number of H-pyrrole nitrogens is 1. The first-order valence-electron chi connectivity index (χ1n) is 11.6. The number of nitrogens with one attached hydrogen (secondary N) is 1. The number of ether oxygens (including phenoxy) is 1. The second kappa shape index (κ2) is 9.77. The molecule has 2 aromatic rings. The Hall–Kier alpha value is -2.27. The van der Waals surface area contributed by atoms with Crippen LogP contribution in [0.15, 0.2) is 30.5 Å². The van der Waals surface area contributed by atoms with E-state index in [1.807, 2.05) is 45.0 Å². The van der Waals surface area contributed by atoms with Crippen LogP contribution in [0.2, 0.25) is 23.2 Å². The molecule has 1 N–H and O–H groups in total. The highest BCUT2D eigenvalue weighted by Gasteiger charge is 2.45. The number of aromatic amines is 1. The van der Waals surface area contributed by atoms with Crippen LogP contribution in [0.3, 0.4) is 0 Å². The van der Waals surface area contributed by atoms with Gasteiger partial charge in [0.05, 0.1) is 18.3 Å². The molecule has 0 saturated carbocycles. The Morgan fingerprint density at radius 2 is 1.91 bits per heavy atom. The van der Waals surface area contributed by atoms with E-state index >= 15 is 0 Å². The Balaban J connectivity index is 1.84. The molecule has 1 aliphatic rings. The molecule has 1 fully saturated rings. The van der Waals surface area contributed by atoms with Gasteiger partial charge in [-0.2, -0.15) is 0 Å². The lowest BCUT2D eigenvalue weighted by Crippen LogP contribution is -2.45. The molecule has 2 heterocycles. The summed E-state index contributed by atoms with van der Waals surface area (Å²) in [4.78, 5) is 22.7. The molecule has 184 valence electrons. The second-order valence-electron chi connectivity index (χ2n) is 11.3. The summed E-state index contributed by atoms with van der Waals surface area (Å²) in [6.07, 6.45) is 1.91. The molecule has 8 heteroatoms. The van der Waals surface area contributed by atoms with Crippen molar-refractivity contribution in [1.82, 2.24) is 14.9 Å². The summed E-state index contributed by atoms with van der Waals surface area (Å²) in [6.45, 7) is 17.2. The molecular weight excluding hydrogens is 466 g/mol. The predicted octanol–water partition coefficient (Wildman–Crippen LogP) is 6.54. The number of hydrogen-bond donors (Lipinski definition) is 1. The summed E-state index contributed by atoms with van der Waals surface area (Å²) in [5, 5.41) is 0.721. The predicted molar refractivity (Wildman–Crippen MR) is 138 cm³/mol. The van der Waals surface area contributed by atoms with E-state index in [0.717, 1.165) is 5.56 Å². The maximum Gasteiger partial charge on any atom is 0.411 e. The largest absolute Gasteiger partial charge is 0.444 e. The maximum absolute atomic E-state index is 13.1. The molecule has 0 unspecified atom stereocenters. The smallest absolute Gasteiger partial charge is 0.411 e. The van der Waals surface area contributed by atoms with E-state index in [2.05, 4.69) is 55.7 Å². The summed E-state index contributed by atoms with van der Waals surface area (Å²) in [7, 11) is -2.00. The Labute approximate surface area is 209 Å². The lowest BCUT2D eigenvalue weighted by atomic mass is 10.2. The minimum absolute atomic E-state index is 0.0790. The Morgan fingerprint density at radius 3 is 2.53 bits per heavy atom. The van der Waals surface area contributed by atoms with Gasteiger partial charge in [-0.05, 0) is 63.0 Å². The fourth-order valence-electron chi connectivity index (χ4n) is 3.53. The first-order chi connectivity index (χ1) is 15.6. The van der Waals surface area contributed by atoms with E-state index < -0.39 is 13.9 Å². The molecule has 6 nitrogen and oxygen atoms in total. The first kappa shape index (κ1) is 26.3. The van der Waals surface area contributed by atoms with Crippen molar-refractivity contribution < 1.29 is 14.0 Å². The van der Waals surface area contributed by atoms with Gasteiger partial charge < -0.3 is 14.1 Å². The highest BCUT2D eigenvalue weighted by molar-refractivity contribution is 6.74. The number of hydrogen-bond acceptors (Lipinski definition) is 4. The van der Waals surface area contributed by atoms with Gasteiger partial charge in [0, 0.05) is 23.6 Å². The van der Waals surface area contributed by atoms with Gasteiger partial charge in [-0.15, -0.1) is 0 Å². The minimum Gasteiger partial charge on any atom is -0.444 e. The molecule has 2 atom stereocenters. The zero-order chi connectivity index (χ0) is 25.3. The molecule has 0 bridgehead atoms. The van der Waals surface area contributed by atoms with Gasteiger partial charge in [-0.1, -0.05) is 44.4 Å². The van der Waals surface area contributed by atoms with E-state index in [-0.39, 0.29) is 23.3 Å². The van der Waals surface area contributed by atoms with Crippen LogP contribution >= 0.6 is 11.6 Å². The number of benzene rings is 1. The van der Waals surface area contributed by atoms with Crippen LogP contribution in [0.1, 0.15) is 71.1 Å². The van der Waals surface area contributed by atoms with Crippen molar-refractivity contribution in [1.29, 1.82) is 0 Å². The molecule has 0 spiro atoms. The highest BCUT2D eigenvalue weighted by Crippen LogP contribution is 2.41. The summed E-state index contributed by atoms with van der Waals surface area (Å²) in [6, 6.07) is 7.13. The number of rotatable bonds is 3. The van der Waals surface area contributed by atoms with Gasteiger partial charge in [-0.25, -0.2) is 9.78 Å². The Kier molecular flexibility index (Phi) is 7.56. The van der Waals surface area contributed by atoms with E-state index in [9.17, 15) is 4.79 Å². The molecule has 0 aliphatic carbocycles. The van der Waals surface area contributed by atoms with Crippen molar-refractivity contribution in [3.63, 3.8) is 0 Å². The molecule has 1 aromatic carbocycles. The van der Waals surface area contributed by atoms with Gasteiger partial charge in [0.25, 0.3) is 0 Å². The van der Waals surface area contributed by atoms with Crippen molar-refractivity contribution >= 4 is 26.0 Å². The number of carbonyl (C=O) groups excluding carboxylic acids is 1. The molecule has 0 radical (unpaired) electrons. The van der Waals surface area contributed by atoms with Gasteiger partial charge in [0.1, 0.15) is 17.1 Å². The maximum atomic E-state index is 13.1. The number of likely N-dealkylation sites (tertiary alicyclic amines) is 1. The highest BCUT2D eigenvalue weighted by atomic mass is 35.5. The Bertz CT molecular complexity index is 1090. The van der Waals surface area contributed by atoms with Crippen LogP contribution in [-0.2, 0) is 9.16 Å². The minimum atomic E-state index is -2.00. The quantitative estimate of drug-likeness (QED) is 0.383. The van der Waals surface area contributed by atoms with Gasteiger partial charge in [0.15, 0.2) is 8.32 Å². The number of halogens is 1. The lowest BCUT2D eigenvalue weighted by Gasteiger charge is -2.38. The average Bonchev–Trinajstić information content (AvgIpc) is 3.31. The third-order valence-corrected chi connectivity index (χ3v) is 11.0. The number of imidazole rings is 1. The molecule has 3 rings (SSSR count). The van der Waals surface area contributed by atoms with E-state index in [1.165, 1.54) is 0 Å². The third kappa shape index (κ3) is 6.65.